The second-order valence-electron chi connectivity index (χ2n) is 6.74. The van der Waals surface area contributed by atoms with E-state index in [4.69, 9.17) is 0 Å². The van der Waals surface area contributed by atoms with Crippen molar-refractivity contribution >= 4 is 31.4 Å². The molecule has 0 aliphatic carbocycles. The molecule has 0 fully saturated rings. The minimum atomic E-state index is -3.94. The molecule has 1 heterocycles. The Morgan fingerprint density at radius 1 is 1.07 bits per heavy atom. The lowest BCUT2D eigenvalue weighted by molar-refractivity contribution is -0.384. The van der Waals surface area contributed by atoms with E-state index < -0.39 is 25.0 Å². The van der Waals surface area contributed by atoms with Crippen LogP contribution in [0.25, 0.3) is 0 Å². The fourth-order valence-corrected chi connectivity index (χ4v) is 5.71. The smallest absolute Gasteiger partial charge is 0.269 e. The van der Waals surface area contributed by atoms with Crippen molar-refractivity contribution in [3.8, 4) is 0 Å². The minimum absolute atomic E-state index is 0.0782. The first-order valence-electron chi connectivity index (χ1n) is 8.99. The van der Waals surface area contributed by atoms with Gasteiger partial charge < -0.3 is 0 Å². The van der Waals surface area contributed by atoms with Crippen molar-refractivity contribution in [3.05, 3.63) is 63.7 Å². The number of nitrogens with zero attached hydrogens (tertiary/aromatic N) is 2. The van der Waals surface area contributed by atoms with Crippen molar-refractivity contribution in [2.45, 2.75) is 31.2 Å². The van der Waals surface area contributed by atoms with Gasteiger partial charge in [-0.15, -0.1) is 0 Å². The average molecular weight is 440 g/mol. The molecule has 0 spiro atoms. The summed E-state index contributed by atoms with van der Waals surface area (Å²) in [5.41, 5.74) is 1.83. The third-order valence-electron chi connectivity index (χ3n) is 4.65. The van der Waals surface area contributed by atoms with E-state index in [2.05, 4.69) is 4.72 Å². The third kappa shape index (κ3) is 4.74. The van der Waals surface area contributed by atoms with Crippen molar-refractivity contribution in [2.75, 3.05) is 17.0 Å². The van der Waals surface area contributed by atoms with Crippen molar-refractivity contribution in [3.63, 3.8) is 0 Å². The summed E-state index contributed by atoms with van der Waals surface area (Å²) in [7, 11) is -7.28. The van der Waals surface area contributed by atoms with Gasteiger partial charge in [0.15, 0.2) is 0 Å². The van der Waals surface area contributed by atoms with Crippen molar-refractivity contribution in [1.29, 1.82) is 0 Å². The molecule has 0 amide bonds. The number of rotatable bonds is 7. The molecule has 3 rings (SSSR count). The summed E-state index contributed by atoms with van der Waals surface area (Å²) < 4.78 is 53.7. The highest BCUT2D eigenvalue weighted by Gasteiger charge is 2.26. The molecule has 0 saturated heterocycles. The summed E-state index contributed by atoms with van der Waals surface area (Å²) in [5, 5.41) is 10.7. The molecule has 0 bridgehead atoms. The number of nitrogens with one attached hydrogen (secondary N) is 1. The lowest BCUT2D eigenvalue weighted by Gasteiger charge is -2.28. The van der Waals surface area contributed by atoms with Gasteiger partial charge in [0.1, 0.15) is 0 Å². The Balaban J connectivity index is 1.82. The first-order valence-corrected chi connectivity index (χ1v) is 12.1. The lowest BCUT2D eigenvalue weighted by Crippen LogP contribution is -2.37. The van der Waals surface area contributed by atoms with Crippen LogP contribution >= 0.6 is 0 Å². The molecule has 0 aromatic heterocycles. The van der Waals surface area contributed by atoms with Gasteiger partial charge in [-0.05, 0) is 48.2 Å². The maximum Gasteiger partial charge on any atom is 0.269 e. The zero-order valence-electron chi connectivity index (χ0n) is 15.7. The Bertz CT molecular complexity index is 1130. The average Bonchev–Trinajstić information content (AvgIpc) is 2.67. The Morgan fingerprint density at radius 3 is 2.38 bits per heavy atom. The number of nitro benzene ring substituents is 1. The molecule has 9 nitrogen and oxygen atoms in total. The zero-order chi connectivity index (χ0) is 21.2. The van der Waals surface area contributed by atoms with Crippen LogP contribution in [0.1, 0.15) is 24.5 Å². The maximum atomic E-state index is 12.6. The van der Waals surface area contributed by atoms with E-state index in [0.717, 1.165) is 35.4 Å². The van der Waals surface area contributed by atoms with Gasteiger partial charge in [0.25, 0.3) is 15.7 Å². The predicted molar refractivity (Wildman–Crippen MR) is 109 cm³/mol. The summed E-state index contributed by atoms with van der Waals surface area (Å²) >= 11 is 0. The van der Waals surface area contributed by atoms with Gasteiger partial charge in [-0.1, -0.05) is 13.0 Å². The van der Waals surface area contributed by atoms with E-state index in [1.54, 1.807) is 25.1 Å². The molecule has 11 heteroatoms. The van der Waals surface area contributed by atoms with Crippen LogP contribution in [0.5, 0.6) is 0 Å². The number of sulfonamides is 2. The fourth-order valence-electron chi connectivity index (χ4n) is 3.18. The predicted octanol–water partition coefficient (Wildman–Crippen LogP) is 2.49. The van der Waals surface area contributed by atoms with E-state index in [0.29, 0.717) is 25.1 Å². The quantitative estimate of drug-likeness (QED) is 0.522. The van der Waals surface area contributed by atoms with Crippen molar-refractivity contribution in [2.24, 2.45) is 0 Å². The van der Waals surface area contributed by atoms with Crippen LogP contribution < -0.4 is 4.72 Å². The summed E-state index contributed by atoms with van der Waals surface area (Å²) in [5.74, 6) is 0.0782. The van der Waals surface area contributed by atoms with E-state index >= 15 is 0 Å². The zero-order valence-corrected chi connectivity index (χ0v) is 17.4. The van der Waals surface area contributed by atoms with Gasteiger partial charge in [-0.2, -0.15) is 4.31 Å². The molecule has 29 heavy (non-hydrogen) atoms. The van der Waals surface area contributed by atoms with Gasteiger partial charge in [0.05, 0.1) is 15.6 Å². The maximum absolute atomic E-state index is 12.6. The van der Waals surface area contributed by atoms with Crippen LogP contribution in [0.3, 0.4) is 0 Å². The van der Waals surface area contributed by atoms with Crippen LogP contribution in [0.15, 0.2) is 47.4 Å². The van der Waals surface area contributed by atoms with Gasteiger partial charge in [0, 0.05) is 30.9 Å². The summed E-state index contributed by atoms with van der Waals surface area (Å²) in [6.07, 6.45) is 1.09. The standard InChI is InChI=1S/C18H21N3O6S2/c1-2-11-28(24,25)20-10-9-14-3-4-16(12-15(14)13-20)19-29(26,27)18-7-5-17(6-8-18)21(22)23/h3-8,12,19H,2,9-11,13H2,1H3. The molecule has 0 saturated carbocycles. The number of nitro groups is 1. The minimum Gasteiger partial charge on any atom is -0.280 e. The van der Waals surface area contributed by atoms with E-state index in [1.165, 1.54) is 4.31 Å². The molecule has 156 valence electrons. The second-order valence-corrected chi connectivity index (χ2v) is 10.5. The highest BCUT2D eigenvalue weighted by atomic mass is 32.2. The fraction of sp³-hybridized carbons (Fsp3) is 0.333. The number of anilines is 1. The molecule has 0 radical (unpaired) electrons. The first-order chi connectivity index (χ1) is 13.6. The van der Waals surface area contributed by atoms with Gasteiger partial charge in [0.2, 0.25) is 10.0 Å². The van der Waals surface area contributed by atoms with Gasteiger partial charge in [-0.25, -0.2) is 16.8 Å². The van der Waals surface area contributed by atoms with Gasteiger partial charge in [-0.3, -0.25) is 14.8 Å². The summed E-state index contributed by atoms with van der Waals surface area (Å²) in [4.78, 5) is 10.0. The molecule has 1 aliphatic heterocycles. The number of benzene rings is 2. The monoisotopic (exact) mass is 439 g/mol. The first kappa shape index (κ1) is 21.2. The lowest BCUT2D eigenvalue weighted by atomic mass is 10.0. The largest absolute Gasteiger partial charge is 0.280 e. The molecule has 1 N–H and O–H groups in total. The molecule has 2 aromatic carbocycles. The SMILES string of the molecule is CCCS(=O)(=O)N1CCc2ccc(NS(=O)(=O)c3ccc([N+](=O)[O-])cc3)cc2C1. The Kier molecular flexibility index (Phi) is 5.92. The summed E-state index contributed by atoms with van der Waals surface area (Å²) in [6, 6.07) is 9.61. The molecule has 0 unspecified atom stereocenters. The molecular formula is C18H21N3O6S2. The van der Waals surface area contributed by atoms with E-state index in [9.17, 15) is 26.9 Å². The Hall–Kier alpha value is -2.50. The Labute approximate surface area is 169 Å². The molecule has 1 aliphatic rings. The van der Waals surface area contributed by atoms with Crippen molar-refractivity contribution in [1.82, 2.24) is 4.31 Å². The summed E-state index contributed by atoms with van der Waals surface area (Å²) in [6.45, 7) is 2.41. The number of non-ortho nitro benzene ring substituents is 1. The van der Waals surface area contributed by atoms with Crippen LogP contribution in [0.2, 0.25) is 0 Å². The number of hydrogen-bond donors (Lipinski definition) is 1. The van der Waals surface area contributed by atoms with Gasteiger partial charge >= 0.3 is 0 Å². The van der Waals surface area contributed by atoms with Crippen molar-refractivity contribution < 1.29 is 21.8 Å². The van der Waals surface area contributed by atoms with Crippen LogP contribution in [0.4, 0.5) is 11.4 Å². The molecule has 2 aromatic rings. The van der Waals surface area contributed by atoms with Crippen LogP contribution in [-0.4, -0.2) is 38.4 Å². The highest BCUT2D eigenvalue weighted by Crippen LogP contribution is 2.26. The van der Waals surface area contributed by atoms with Crippen LogP contribution in [0, 0.1) is 10.1 Å². The normalized spacial score (nSPS) is 14.9. The second kappa shape index (κ2) is 8.09. The Morgan fingerprint density at radius 2 is 1.76 bits per heavy atom. The van der Waals surface area contributed by atoms with E-state index in [-0.39, 0.29) is 22.9 Å². The van der Waals surface area contributed by atoms with E-state index in [1.807, 2.05) is 0 Å². The number of fused-ring (bicyclic) bond motifs is 1. The molecule has 0 atom stereocenters. The molecular weight excluding hydrogens is 418 g/mol. The third-order valence-corrected chi connectivity index (χ3v) is 8.07. The number of hydrogen-bond acceptors (Lipinski definition) is 6. The van der Waals surface area contributed by atoms with Crippen LogP contribution in [-0.2, 0) is 33.0 Å². The highest BCUT2D eigenvalue weighted by molar-refractivity contribution is 7.92. The topological polar surface area (TPSA) is 127 Å².